The van der Waals surface area contributed by atoms with Gasteiger partial charge in [0.2, 0.25) is 5.91 Å². The molecule has 0 saturated heterocycles. The standard InChI is InChI=1S/C10H10N4OS2/c1-7(15)13-10-14-8(6-17-10)5-16-9-11-3-2-4-12-9/h2-4,6H,5H2,1H3,(H,13,14,15). The van der Waals surface area contributed by atoms with Crippen molar-refractivity contribution in [2.45, 2.75) is 17.8 Å². The normalized spacial score (nSPS) is 10.2. The number of nitrogens with zero attached hydrogens (tertiary/aromatic N) is 3. The fourth-order valence-electron chi connectivity index (χ4n) is 1.08. The number of nitrogens with one attached hydrogen (secondary N) is 1. The van der Waals surface area contributed by atoms with Crippen molar-refractivity contribution in [2.75, 3.05) is 5.32 Å². The fraction of sp³-hybridized carbons (Fsp3) is 0.200. The molecule has 0 bridgehead atoms. The lowest BCUT2D eigenvalue weighted by atomic mass is 10.6. The summed E-state index contributed by atoms with van der Waals surface area (Å²) >= 11 is 2.93. The maximum Gasteiger partial charge on any atom is 0.223 e. The molecule has 88 valence electrons. The number of thioether (sulfide) groups is 1. The van der Waals surface area contributed by atoms with Crippen molar-refractivity contribution < 1.29 is 4.79 Å². The van der Waals surface area contributed by atoms with Crippen molar-refractivity contribution >= 4 is 34.1 Å². The van der Waals surface area contributed by atoms with Gasteiger partial charge in [-0.05, 0) is 6.07 Å². The van der Waals surface area contributed by atoms with Gasteiger partial charge in [0.05, 0.1) is 5.69 Å². The number of carbonyl (C=O) groups is 1. The maximum absolute atomic E-state index is 10.8. The average Bonchev–Trinajstić information content (AvgIpc) is 2.75. The van der Waals surface area contributed by atoms with E-state index < -0.39 is 0 Å². The molecule has 0 aromatic carbocycles. The first-order valence-corrected chi connectivity index (χ1v) is 6.72. The van der Waals surface area contributed by atoms with E-state index in [-0.39, 0.29) is 5.91 Å². The van der Waals surface area contributed by atoms with Crippen LogP contribution < -0.4 is 5.32 Å². The van der Waals surface area contributed by atoms with Crippen LogP contribution in [0, 0.1) is 0 Å². The topological polar surface area (TPSA) is 67.8 Å². The zero-order valence-electron chi connectivity index (χ0n) is 9.08. The molecule has 0 atom stereocenters. The van der Waals surface area contributed by atoms with Crippen molar-refractivity contribution in [1.82, 2.24) is 15.0 Å². The molecule has 2 heterocycles. The number of hydrogen-bond acceptors (Lipinski definition) is 6. The molecule has 7 heteroatoms. The number of hydrogen-bond donors (Lipinski definition) is 1. The van der Waals surface area contributed by atoms with Crippen LogP contribution in [-0.4, -0.2) is 20.9 Å². The predicted octanol–water partition coefficient (Wildman–Crippen LogP) is 2.18. The van der Waals surface area contributed by atoms with Crippen LogP contribution in [0.15, 0.2) is 29.0 Å². The van der Waals surface area contributed by atoms with Crippen molar-refractivity contribution in [2.24, 2.45) is 0 Å². The molecule has 2 rings (SSSR count). The van der Waals surface area contributed by atoms with Gasteiger partial charge < -0.3 is 5.32 Å². The second-order valence-corrected chi connectivity index (χ2v) is 4.95. The molecule has 0 unspecified atom stereocenters. The quantitative estimate of drug-likeness (QED) is 0.678. The van der Waals surface area contributed by atoms with Crippen LogP contribution in [0.5, 0.6) is 0 Å². The molecule has 0 radical (unpaired) electrons. The molecular weight excluding hydrogens is 256 g/mol. The third-order valence-corrected chi connectivity index (χ3v) is 3.44. The van der Waals surface area contributed by atoms with Crippen LogP contribution in [0.25, 0.3) is 0 Å². The van der Waals surface area contributed by atoms with Crippen LogP contribution in [0.1, 0.15) is 12.6 Å². The first-order valence-electron chi connectivity index (χ1n) is 4.86. The number of anilines is 1. The van der Waals surface area contributed by atoms with Gasteiger partial charge in [-0.15, -0.1) is 11.3 Å². The van der Waals surface area contributed by atoms with E-state index in [0.29, 0.717) is 10.9 Å². The van der Waals surface area contributed by atoms with Gasteiger partial charge in [-0.25, -0.2) is 15.0 Å². The highest BCUT2D eigenvalue weighted by Crippen LogP contribution is 2.22. The van der Waals surface area contributed by atoms with E-state index in [1.54, 1.807) is 18.5 Å². The van der Waals surface area contributed by atoms with E-state index in [4.69, 9.17) is 0 Å². The first-order chi connectivity index (χ1) is 8.24. The Hall–Kier alpha value is -1.47. The average molecular weight is 266 g/mol. The highest BCUT2D eigenvalue weighted by atomic mass is 32.2. The Labute approximate surface area is 107 Å². The van der Waals surface area contributed by atoms with E-state index in [1.807, 2.05) is 5.38 Å². The molecule has 5 nitrogen and oxygen atoms in total. The zero-order valence-corrected chi connectivity index (χ0v) is 10.7. The molecule has 0 spiro atoms. The minimum Gasteiger partial charge on any atom is -0.302 e. The van der Waals surface area contributed by atoms with Crippen LogP contribution in [0.4, 0.5) is 5.13 Å². The molecule has 17 heavy (non-hydrogen) atoms. The summed E-state index contributed by atoms with van der Waals surface area (Å²) in [6, 6.07) is 1.78. The summed E-state index contributed by atoms with van der Waals surface area (Å²) in [4.78, 5) is 23.3. The minimum absolute atomic E-state index is 0.107. The Bertz CT molecular complexity index is 500. The van der Waals surface area contributed by atoms with Crippen molar-refractivity contribution in [1.29, 1.82) is 0 Å². The molecule has 0 aliphatic heterocycles. The number of rotatable bonds is 4. The lowest BCUT2D eigenvalue weighted by Gasteiger charge is -1.96. The second kappa shape index (κ2) is 5.74. The molecule has 0 aliphatic carbocycles. The van der Waals surface area contributed by atoms with E-state index in [9.17, 15) is 4.79 Å². The molecule has 1 N–H and O–H groups in total. The summed E-state index contributed by atoms with van der Waals surface area (Å²) in [6.45, 7) is 1.47. The molecule has 2 aromatic rings. The van der Waals surface area contributed by atoms with Crippen LogP contribution in [0.3, 0.4) is 0 Å². The lowest BCUT2D eigenvalue weighted by molar-refractivity contribution is -0.114. The third kappa shape index (κ3) is 3.79. The summed E-state index contributed by atoms with van der Waals surface area (Å²) in [5, 5.41) is 5.92. The van der Waals surface area contributed by atoms with Gasteiger partial charge in [-0.3, -0.25) is 4.79 Å². The molecule has 0 fully saturated rings. The molecule has 0 saturated carbocycles. The smallest absolute Gasteiger partial charge is 0.223 e. The molecule has 1 amide bonds. The summed E-state index contributed by atoms with van der Waals surface area (Å²) in [5.74, 6) is 0.588. The van der Waals surface area contributed by atoms with Gasteiger partial charge in [-0.1, -0.05) is 11.8 Å². The number of thiazole rings is 1. The van der Waals surface area contributed by atoms with Gasteiger partial charge >= 0.3 is 0 Å². The minimum atomic E-state index is -0.107. The molecular formula is C10H10N4OS2. The van der Waals surface area contributed by atoms with E-state index in [2.05, 4.69) is 20.3 Å². The Morgan fingerprint density at radius 2 is 2.24 bits per heavy atom. The molecule has 2 aromatic heterocycles. The van der Waals surface area contributed by atoms with E-state index >= 15 is 0 Å². The highest BCUT2D eigenvalue weighted by molar-refractivity contribution is 7.98. The first kappa shape index (κ1) is 12.0. The Kier molecular flexibility index (Phi) is 4.05. The van der Waals surface area contributed by atoms with E-state index in [0.717, 1.165) is 10.9 Å². The number of aromatic nitrogens is 3. The van der Waals surface area contributed by atoms with Gasteiger partial charge in [0.25, 0.3) is 0 Å². The maximum atomic E-state index is 10.8. The van der Waals surface area contributed by atoms with Crippen LogP contribution in [-0.2, 0) is 10.5 Å². The van der Waals surface area contributed by atoms with Crippen molar-refractivity contribution in [3.05, 3.63) is 29.5 Å². The highest BCUT2D eigenvalue weighted by Gasteiger charge is 2.04. The zero-order chi connectivity index (χ0) is 12.1. The summed E-state index contributed by atoms with van der Waals surface area (Å²) in [7, 11) is 0. The third-order valence-electron chi connectivity index (χ3n) is 1.73. The van der Waals surface area contributed by atoms with Crippen molar-refractivity contribution in [3.63, 3.8) is 0 Å². The Morgan fingerprint density at radius 1 is 1.47 bits per heavy atom. The van der Waals surface area contributed by atoms with Gasteiger partial charge in [0.1, 0.15) is 0 Å². The number of carbonyl (C=O) groups excluding carboxylic acids is 1. The summed E-state index contributed by atoms with van der Waals surface area (Å²) in [5.41, 5.74) is 0.913. The number of amides is 1. The van der Waals surface area contributed by atoms with Crippen molar-refractivity contribution in [3.8, 4) is 0 Å². The fourth-order valence-corrected chi connectivity index (χ4v) is 2.64. The lowest BCUT2D eigenvalue weighted by Crippen LogP contribution is -2.05. The second-order valence-electron chi connectivity index (χ2n) is 3.15. The van der Waals surface area contributed by atoms with Crippen LogP contribution in [0.2, 0.25) is 0 Å². The largest absolute Gasteiger partial charge is 0.302 e. The van der Waals surface area contributed by atoms with E-state index in [1.165, 1.54) is 30.0 Å². The van der Waals surface area contributed by atoms with Gasteiger partial charge in [0, 0.05) is 30.5 Å². The Morgan fingerprint density at radius 3 is 2.94 bits per heavy atom. The predicted molar refractivity (Wildman–Crippen MR) is 68.0 cm³/mol. The van der Waals surface area contributed by atoms with Gasteiger partial charge in [0.15, 0.2) is 10.3 Å². The monoisotopic (exact) mass is 266 g/mol. The van der Waals surface area contributed by atoms with Crippen LogP contribution >= 0.6 is 23.1 Å². The summed E-state index contributed by atoms with van der Waals surface area (Å²) < 4.78 is 0. The Balaban J connectivity index is 1.91. The molecule has 0 aliphatic rings. The summed E-state index contributed by atoms with van der Waals surface area (Å²) in [6.07, 6.45) is 3.41. The van der Waals surface area contributed by atoms with Gasteiger partial charge in [-0.2, -0.15) is 0 Å². The SMILES string of the molecule is CC(=O)Nc1nc(CSc2ncccn2)cs1.